The van der Waals surface area contributed by atoms with Crippen molar-refractivity contribution >= 4 is 20.9 Å². The lowest BCUT2D eigenvalue weighted by molar-refractivity contribution is 0.156. The molecule has 5 nitrogen and oxygen atoms in total. The summed E-state index contributed by atoms with van der Waals surface area (Å²) in [6, 6.07) is 13.6. The lowest BCUT2D eigenvalue weighted by atomic mass is 10.0. The Hall–Kier alpha value is -2.25. The van der Waals surface area contributed by atoms with Crippen LogP contribution in [0.2, 0.25) is 0 Å². The Morgan fingerprint density at radius 3 is 2.78 bits per heavy atom. The van der Waals surface area contributed by atoms with Gasteiger partial charge in [-0.3, -0.25) is 0 Å². The van der Waals surface area contributed by atoms with Crippen LogP contribution in [0.4, 0.5) is 4.39 Å². The highest BCUT2D eigenvalue weighted by atomic mass is 32.2. The summed E-state index contributed by atoms with van der Waals surface area (Å²) in [5, 5.41) is 10.6. The zero-order chi connectivity index (χ0) is 19.0. The van der Waals surface area contributed by atoms with E-state index in [0.717, 1.165) is 16.9 Å². The Bertz CT molecular complexity index is 1080. The molecular formula is C20H21FN2O3S. The fourth-order valence-corrected chi connectivity index (χ4v) is 5.63. The molecule has 1 aliphatic heterocycles. The molecule has 27 heavy (non-hydrogen) atoms. The van der Waals surface area contributed by atoms with Crippen molar-refractivity contribution in [2.75, 3.05) is 11.5 Å². The maximum absolute atomic E-state index is 13.5. The summed E-state index contributed by atoms with van der Waals surface area (Å²) in [5.74, 6) is 0.816. The van der Waals surface area contributed by atoms with E-state index in [9.17, 15) is 17.9 Å². The van der Waals surface area contributed by atoms with Gasteiger partial charge in [0, 0.05) is 6.42 Å². The van der Waals surface area contributed by atoms with Crippen LogP contribution in [-0.4, -0.2) is 34.6 Å². The zero-order valence-corrected chi connectivity index (χ0v) is 15.6. The Kier molecular flexibility index (Phi) is 4.74. The van der Waals surface area contributed by atoms with Gasteiger partial charge in [0.2, 0.25) is 0 Å². The molecule has 0 saturated carbocycles. The monoisotopic (exact) mass is 388 g/mol. The van der Waals surface area contributed by atoms with Gasteiger partial charge in [0.1, 0.15) is 11.6 Å². The quantitative estimate of drug-likeness (QED) is 0.730. The predicted molar refractivity (Wildman–Crippen MR) is 102 cm³/mol. The molecule has 2 atom stereocenters. The first-order valence-corrected chi connectivity index (χ1v) is 10.8. The Balaban J connectivity index is 1.66. The molecule has 7 heteroatoms. The lowest BCUT2D eigenvalue weighted by Gasteiger charge is -2.16. The second-order valence-corrected chi connectivity index (χ2v) is 9.40. The van der Waals surface area contributed by atoms with Crippen molar-refractivity contribution in [1.29, 1.82) is 0 Å². The lowest BCUT2D eigenvalue weighted by Crippen LogP contribution is -2.15. The summed E-state index contributed by atoms with van der Waals surface area (Å²) < 4.78 is 39.0. The SMILES string of the molecule is O=S1(=O)CC[C@H](Cc2nc3ccccc3n2C[C@H](O)c2cccc(F)c2)C1. The highest BCUT2D eigenvalue weighted by Gasteiger charge is 2.29. The second-order valence-electron chi connectivity index (χ2n) is 7.17. The number of hydrogen-bond acceptors (Lipinski definition) is 4. The second kappa shape index (κ2) is 7.05. The molecule has 1 fully saturated rings. The number of hydrogen-bond donors (Lipinski definition) is 1. The van der Waals surface area contributed by atoms with E-state index >= 15 is 0 Å². The van der Waals surface area contributed by atoms with E-state index in [1.807, 2.05) is 28.8 Å². The number of para-hydroxylation sites is 2. The van der Waals surface area contributed by atoms with Crippen molar-refractivity contribution < 1.29 is 17.9 Å². The van der Waals surface area contributed by atoms with Gasteiger partial charge in [-0.1, -0.05) is 24.3 Å². The van der Waals surface area contributed by atoms with E-state index in [1.54, 1.807) is 12.1 Å². The predicted octanol–water partition coefficient (Wildman–Crippen LogP) is 2.89. The minimum absolute atomic E-state index is 0.0388. The largest absolute Gasteiger partial charge is 0.387 e. The maximum Gasteiger partial charge on any atom is 0.150 e. The Morgan fingerprint density at radius 2 is 2.04 bits per heavy atom. The van der Waals surface area contributed by atoms with Gasteiger partial charge >= 0.3 is 0 Å². The molecule has 0 aliphatic carbocycles. The number of halogens is 1. The average molecular weight is 388 g/mol. The number of aliphatic hydroxyl groups is 1. The molecule has 3 aromatic rings. The van der Waals surface area contributed by atoms with Crippen LogP contribution < -0.4 is 0 Å². The summed E-state index contributed by atoms with van der Waals surface area (Å²) in [6.07, 6.45) is 0.297. The van der Waals surface area contributed by atoms with Crippen molar-refractivity contribution in [2.45, 2.75) is 25.5 Å². The number of sulfone groups is 1. The number of nitrogens with zero attached hydrogens (tertiary/aromatic N) is 2. The molecule has 1 aliphatic rings. The molecule has 1 saturated heterocycles. The van der Waals surface area contributed by atoms with Crippen LogP contribution in [0.15, 0.2) is 48.5 Å². The van der Waals surface area contributed by atoms with Crippen molar-refractivity contribution in [1.82, 2.24) is 9.55 Å². The zero-order valence-electron chi connectivity index (χ0n) is 14.8. The molecule has 4 rings (SSSR count). The Labute approximate surface area is 157 Å². The third kappa shape index (κ3) is 3.89. The van der Waals surface area contributed by atoms with Gasteiger partial charge in [0.15, 0.2) is 9.84 Å². The number of imidazole rings is 1. The number of aromatic nitrogens is 2. The first-order valence-electron chi connectivity index (χ1n) is 8.99. The van der Waals surface area contributed by atoms with Crippen LogP contribution in [0.5, 0.6) is 0 Å². The van der Waals surface area contributed by atoms with Crippen molar-refractivity contribution in [3.63, 3.8) is 0 Å². The van der Waals surface area contributed by atoms with Gasteiger partial charge in [-0.15, -0.1) is 0 Å². The van der Waals surface area contributed by atoms with Gasteiger partial charge in [-0.25, -0.2) is 17.8 Å². The van der Waals surface area contributed by atoms with E-state index < -0.39 is 21.8 Å². The molecule has 2 heterocycles. The normalized spacial score (nSPS) is 20.1. The van der Waals surface area contributed by atoms with Crippen molar-refractivity contribution in [3.8, 4) is 0 Å². The van der Waals surface area contributed by atoms with Crippen molar-refractivity contribution in [2.24, 2.45) is 5.92 Å². The van der Waals surface area contributed by atoms with Crippen LogP contribution in [0, 0.1) is 11.7 Å². The molecule has 0 amide bonds. The molecule has 2 aromatic carbocycles. The summed E-state index contributed by atoms with van der Waals surface area (Å²) in [4.78, 5) is 4.67. The minimum Gasteiger partial charge on any atom is -0.387 e. The molecule has 1 N–H and O–H groups in total. The van der Waals surface area contributed by atoms with Crippen LogP contribution in [0.1, 0.15) is 23.9 Å². The molecule has 0 bridgehead atoms. The first kappa shape index (κ1) is 18.1. The third-order valence-electron chi connectivity index (χ3n) is 5.12. The average Bonchev–Trinajstić information content (AvgIpc) is 3.15. The topological polar surface area (TPSA) is 72.2 Å². The van der Waals surface area contributed by atoms with E-state index in [-0.39, 0.29) is 24.0 Å². The van der Waals surface area contributed by atoms with Crippen LogP contribution in [-0.2, 0) is 22.8 Å². The maximum atomic E-state index is 13.5. The van der Waals surface area contributed by atoms with Gasteiger partial charge in [-0.2, -0.15) is 0 Å². The minimum atomic E-state index is -2.96. The smallest absolute Gasteiger partial charge is 0.150 e. The summed E-state index contributed by atoms with van der Waals surface area (Å²) in [5.41, 5.74) is 2.19. The van der Waals surface area contributed by atoms with E-state index in [1.165, 1.54) is 12.1 Å². The fraction of sp³-hybridized carbons (Fsp3) is 0.350. The number of aliphatic hydroxyl groups excluding tert-OH is 1. The van der Waals surface area contributed by atoms with E-state index in [2.05, 4.69) is 4.98 Å². The number of rotatable bonds is 5. The third-order valence-corrected chi connectivity index (χ3v) is 6.96. The highest BCUT2D eigenvalue weighted by molar-refractivity contribution is 7.91. The summed E-state index contributed by atoms with van der Waals surface area (Å²) in [6.45, 7) is 0.235. The van der Waals surface area contributed by atoms with Crippen LogP contribution >= 0.6 is 0 Å². The van der Waals surface area contributed by atoms with Gasteiger partial charge in [-0.05, 0) is 42.2 Å². The molecule has 0 radical (unpaired) electrons. The van der Waals surface area contributed by atoms with Crippen LogP contribution in [0.25, 0.3) is 11.0 Å². The molecule has 0 spiro atoms. The molecule has 142 valence electrons. The van der Waals surface area contributed by atoms with Gasteiger partial charge < -0.3 is 9.67 Å². The first-order chi connectivity index (χ1) is 12.9. The standard InChI is InChI=1S/C20H21FN2O3S/c21-16-5-3-4-15(11-16)19(24)12-23-18-7-2-1-6-17(18)22-20(23)10-14-8-9-27(25,26)13-14/h1-7,11,14,19,24H,8-10,12-13H2/t14-,19+/m1/s1. The highest BCUT2D eigenvalue weighted by Crippen LogP contribution is 2.27. The molecule has 0 unspecified atom stereocenters. The van der Waals surface area contributed by atoms with E-state index in [0.29, 0.717) is 18.4 Å². The van der Waals surface area contributed by atoms with E-state index in [4.69, 9.17) is 0 Å². The Morgan fingerprint density at radius 1 is 1.22 bits per heavy atom. The summed E-state index contributed by atoms with van der Waals surface area (Å²) >= 11 is 0. The van der Waals surface area contributed by atoms with Gasteiger partial charge in [0.05, 0.1) is 35.2 Å². The number of fused-ring (bicyclic) bond motifs is 1. The van der Waals surface area contributed by atoms with Crippen molar-refractivity contribution in [3.05, 3.63) is 65.7 Å². The van der Waals surface area contributed by atoms with Crippen LogP contribution in [0.3, 0.4) is 0 Å². The fourth-order valence-electron chi connectivity index (χ4n) is 3.77. The van der Waals surface area contributed by atoms with Gasteiger partial charge in [0.25, 0.3) is 0 Å². The molecular weight excluding hydrogens is 367 g/mol. The molecule has 1 aromatic heterocycles. The summed E-state index contributed by atoms with van der Waals surface area (Å²) in [7, 11) is -2.96. The number of benzene rings is 2.